The van der Waals surface area contributed by atoms with Crippen molar-refractivity contribution in [1.29, 1.82) is 0 Å². The summed E-state index contributed by atoms with van der Waals surface area (Å²) in [6.07, 6.45) is 0.683. The standard InChI is InChI=1S/C27H27N3O2/c1-4-24-25(27(31)29(2)19-20-12-11-17-23(18-20)32-3)26(21-13-7-5-8-14-21)28-30(24)22-15-9-6-10-16-22/h5-18H,4,19H2,1-3H3. The van der Waals surface area contributed by atoms with E-state index in [1.807, 2.05) is 96.7 Å². The van der Waals surface area contributed by atoms with Crippen LogP contribution in [0.5, 0.6) is 5.75 Å². The van der Waals surface area contributed by atoms with Gasteiger partial charge in [-0.15, -0.1) is 0 Å². The van der Waals surface area contributed by atoms with E-state index in [4.69, 9.17) is 9.84 Å². The SMILES string of the molecule is CCc1c(C(=O)N(C)Cc2cccc(OC)c2)c(-c2ccccc2)nn1-c1ccccc1. The van der Waals surface area contributed by atoms with Crippen molar-refractivity contribution in [2.75, 3.05) is 14.2 Å². The Morgan fingerprint density at radius 2 is 1.66 bits per heavy atom. The molecular formula is C27H27N3O2. The fraction of sp³-hybridized carbons (Fsp3) is 0.185. The molecule has 0 aliphatic rings. The maximum atomic E-state index is 13.8. The van der Waals surface area contributed by atoms with Gasteiger partial charge >= 0.3 is 0 Å². The molecule has 0 unspecified atom stereocenters. The van der Waals surface area contributed by atoms with E-state index in [-0.39, 0.29) is 5.91 Å². The third kappa shape index (κ3) is 4.28. The average Bonchev–Trinajstić information content (AvgIpc) is 3.24. The first kappa shape index (κ1) is 21.4. The number of nitrogens with zero attached hydrogens (tertiary/aromatic N) is 3. The van der Waals surface area contributed by atoms with Gasteiger partial charge in [-0.3, -0.25) is 4.79 Å². The summed E-state index contributed by atoms with van der Waals surface area (Å²) in [5.74, 6) is 0.727. The van der Waals surface area contributed by atoms with E-state index in [0.29, 0.717) is 24.2 Å². The zero-order chi connectivity index (χ0) is 22.5. The first-order valence-corrected chi connectivity index (χ1v) is 10.7. The zero-order valence-electron chi connectivity index (χ0n) is 18.7. The van der Waals surface area contributed by atoms with Crippen LogP contribution in [0.15, 0.2) is 84.9 Å². The number of methoxy groups -OCH3 is 1. The van der Waals surface area contributed by atoms with Gasteiger partial charge in [-0.05, 0) is 36.2 Å². The van der Waals surface area contributed by atoms with Crippen molar-refractivity contribution >= 4 is 5.91 Å². The zero-order valence-corrected chi connectivity index (χ0v) is 18.7. The Balaban J connectivity index is 1.79. The molecule has 4 rings (SSSR count). The third-order valence-corrected chi connectivity index (χ3v) is 5.48. The number of benzene rings is 3. The van der Waals surface area contributed by atoms with Gasteiger partial charge in [0.2, 0.25) is 0 Å². The number of carbonyl (C=O) groups is 1. The highest BCUT2D eigenvalue weighted by Gasteiger charge is 2.26. The number of para-hydroxylation sites is 1. The molecule has 1 amide bonds. The lowest BCUT2D eigenvalue weighted by atomic mass is 10.0. The summed E-state index contributed by atoms with van der Waals surface area (Å²) in [6.45, 7) is 2.54. The largest absolute Gasteiger partial charge is 0.497 e. The summed E-state index contributed by atoms with van der Waals surface area (Å²) in [4.78, 5) is 15.5. The fourth-order valence-corrected chi connectivity index (χ4v) is 3.89. The van der Waals surface area contributed by atoms with Crippen molar-refractivity contribution in [3.8, 4) is 22.7 Å². The molecule has 0 N–H and O–H groups in total. The predicted octanol–water partition coefficient (Wildman–Crippen LogP) is 5.38. The summed E-state index contributed by atoms with van der Waals surface area (Å²) in [7, 11) is 3.47. The number of amides is 1. The van der Waals surface area contributed by atoms with Crippen LogP contribution in [-0.4, -0.2) is 34.7 Å². The molecule has 0 aliphatic heterocycles. The Morgan fingerprint density at radius 3 is 2.31 bits per heavy atom. The highest BCUT2D eigenvalue weighted by atomic mass is 16.5. The van der Waals surface area contributed by atoms with Crippen LogP contribution in [0.3, 0.4) is 0 Å². The van der Waals surface area contributed by atoms with Gasteiger partial charge in [0.05, 0.1) is 24.1 Å². The summed E-state index contributed by atoms with van der Waals surface area (Å²) >= 11 is 0. The van der Waals surface area contributed by atoms with Crippen molar-refractivity contribution in [2.24, 2.45) is 0 Å². The Kier molecular flexibility index (Phi) is 6.36. The lowest BCUT2D eigenvalue weighted by Crippen LogP contribution is -2.27. The molecule has 1 heterocycles. The van der Waals surface area contributed by atoms with Crippen LogP contribution in [0.25, 0.3) is 16.9 Å². The molecule has 0 fully saturated rings. The molecule has 4 aromatic rings. The molecule has 162 valence electrons. The first-order valence-electron chi connectivity index (χ1n) is 10.7. The number of ether oxygens (including phenoxy) is 1. The van der Waals surface area contributed by atoms with E-state index < -0.39 is 0 Å². The van der Waals surface area contributed by atoms with Crippen LogP contribution in [0.2, 0.25) is 0 Å². The molecule has 0 saturated heterocycles. The lowest BCUT2D eigenvalue weighted by molar-refractivity contribution is 0.0784. The van der Waals surface area contributed by atoms with Crippen molar-refractivity contribution in [2.45, 2.75) is 19.9 Å². The van der Waals surface area contributed by atoms with E-state index in [1.165, 1.54) is 0 Å². The second-order valence-corrected chi connectivity index (χ2v) is 7.65. The maximum absolute atomic E-state index is 13.8. The van der Waals surface area contributed by atoms with Crippen LogP contribution in [-0.2, 0) is 13.0 Å². The van der Waals surface area contributed by atoms with Gasteiger partial charge in [0, 0.05) is 19.2 Å². The molecule has 3 aromatic carbocycles. The Labute approximate surface area is 188 Å². The van der Waals surface area contributed by atoms with E-state index in [9.17, 15) is 4.79 Å². The van der Waals surface area contributed by atoms with Crippen LogP contribution in [0.4, 0.5) is 0 Å². The van der Waals surface area contributed by atoms with Gasteiger partial charge in [0.1, 0.15) is 11.4 Å². The smallest absolute Gasteiger partial charge is 0.258 e. The molecule has 0 aliphatic carbocycles. The molecule has 0 radical (unpaired) electrons. The van der Waals surface area contributed by atoms with Gasteiger partial charge in [-0.1, -0.05) is 67.6 Å². The van der Waals surface area contributed by atoms with E-state index in [1.54, 1.807) is 12.0 Å². The molecule has 5 heteroatoms. The molecular weight excluding hydrogens is 398 g/mol. The molecule has 0 bridgehead atoms. The minimum atomic E-state index is -0.0503. The topological polar surface area (TPSA) is 47.4 Å². The number of rotatable bonds is 7. The van der Waals surface area contributed by atoms with E-state index >= 15 is 0 Å². The summed E-state index contributed by atoms with van der Waals surface area (Å²) < 4.78 is 7.23. The lowest BCUT2D eigenvalue weighted by Gasteiger charge is -2.19. The summed E-state index contributed by atoms with van der Waals surface area (Å²) in [6, 6.07) is 27.6. The molecule has 32 heavy (non-hydrogen) atoms. The van der Waals surface area contributed by atoms with Crippen molar-refractivity contribution in [3.63, 3.8) is 0 Å². The fourth-order valence-electron chi connectivity index (χ4n) is 3.89. The number of hydrogen-bond acceptors (Lipinski definition) is 3. The summed E-state index contributed by atoms with van der Waals surface area (Å²) in [5, 5.41) is 4.91. The van der Waals surface area contributed by atoms with Crippen molar-refractivity contribution in [3.05, 3.63) is 102 Å². The van der Waals surface area contributed by atoms with Gasteiger partial charge < -0.3 is 9.64 Å². The van der Waals surface area contributed by atoms with Gasteiger partial charge in [0.15, 0.2) is 0 Å². The van der Waals surface area contributed by atoms with Gasteiger partial charge in [-0.25, -0.2) is 4.68 Å². The summed E-state index contributed by atoms with van der Waals surface area (Å²) in [5.41, 5.74) is 5.13. The second-order valence-electron chi connectivity index (χ2n) is 7.65. The maximum Gasteiger partial charge on any atom is 0.258 e. The number of hydrogen-bond donors (Lipinski definition) is 0. The Bertz CT molecular complexity index is 1200. The van der Waals surface area contributed by atoms with Crippen LogP contribution < -0.4 is 4.74 Å². The minimum absolute atomic E-state index is 0.0503. The first-order chi connectivity index (χ1) is 15.6. The van der Waals surface area contributed by atoms with Crippen molar-refractivity contribution < 1.29 is 9.53 Å². The molecule has 5 nitrogen and oxygen atoms in total. The number of carbonyl (C=O) groups excluding carboxylic acids is 1. The third-order valence-electron chi connectivity index (χ3n) is 5.48. The minimum Gasteiger partial charge on any atom is -0.497 e. The van der Waals surface area contributed by atoms with Gasteiger partial charge in [0.25, 0.3) is 5.91 Å². The highest BCUT2D eigenvalue weighted by molar-refractivity contribution is 6.01. The van der Waals surface area contributed by atoms with Crippen LogP contribution in [0.1, 0.15) is 28.5 Å². The van der Waals surface area contributed by atoms with E-state index in [2.05, 4.69) is 6.92 Å². The Morgan fingerprint density at radius 1 is 0.969 bits per heavy atom. The highest BCUT2D eigenvalue weighted by Crippen LogP contribution is 2.29. The Hall–Kier alpha value is -3.86. The second kappa shape index (κ2) is 9.52. The number of aromatic nitrogens is 2. The quantitative estimate of drug-likeness (QED) is 0.399. The molecule has 1 aromatic heterocycles. The average molecular weight is 426 g/mol. The monoisotopic (exact) mass is 425 g/mol. The normalized spacial score (nSPS) is 10.7. The molecule has 0 spiro atoms. The van der Waals surface area contributed by atoms with Gasteiger partial charge in [-0.2, -0.15) is 5.10 Å². The van der Waals surface area contributed by atoms with Crippen LogP contribution in [0, 0.1) is 0 Å². The van der Waals surface area contributed by atoms with Crippen molar-refractivity contribution in [1.82, 2.24) is 14.7 Å². The molecule has 0 atom stereocenters. The van der Waals surface area contributed by atoms with E-state index in [0.717, 1.165) is 28.3 Å². The predicted molar refractivity (Wildman–Crippen MR) is 127 cm³/mol. The molecule has 0 saturated carbocycles. The van der Waals surface area contributed by atoms with Crippen LogP contribution >= 0.6 is 0 Å².